The van der Waals surface area contributed by atoms with Crippen molar-refractivity contribution >= 4 is 15.9 Å². The van der Waals surface area contributed by atoms with E-state index in [9.17, 15) is 0 Å². The molecule has 0 spiro atoms. The molecule has 4 heteroatoms. The lowest BCUT2D eigenvalue weighted by molar-refractivity contribution is 0.484. The third kappa shape index (κ3) is 3.05. The first-order valence-electron chi connectivity index (χ1n) is 5.48. The van der Waals surface area contributed by atoms with Crippen LogP contribution in [0.2, 0.25) is 0 Å². The molecule has 0 aliphatic heterocycles. The van der Waals surface area contributed by atoms with Crippen LogP contribution in [-0.2, 0) is 6.54 Å². The van der Waals surface area contributed by atoms with Gasteiger partial charge in [0, 0.05) is 18.5 Å². The first-order chi connectivity index (χ1) is 7.10. The van der Waals surface area contributed by atoms with Crippen molar-refractivity contribution in [1.82, 2.24) is 15.1 Å². The molecule has 86 valence electrons. The minimum Gasteiger partial charge on any atom is -0.317 e. The van der Waals surface area contributed by atoms with Gasteiger partial charge < -0.3 is 5.32 Å². The van der Waals surface area contributed by atoms with Crippen molar-refractivity contribution in [2.24, 2.45) is 0 Å². The van der Waals surface area contributed by atoms with Gasteiger partial charge >= 0.3 is 0 Å². The van der Waals surface area contributed by atoms with E-state index in [-0.39, 0.29) is 0 Å². The van der Waals surface area contributed by atoms with Gasteiger partial charge in [-0.25, -0.2) is 0 Å². The second kappa shape index (κ2) is 5.66. The molecule has 0 aliphatic rings. The molecule has 2 unspecified atom stereocenters. The highest BCUT2D eigenvalue weighted by Gasteiger charge is 2.17. The summed E-state index contributed by atoms with van der Waals surface area (Å²) in [6.07, 6.45) is 3.01. The van der Waals surface area contributed by atoms with Crippen LogP contribution in [0.5, 0.6) is 0 Å². The molecular weight excluding hydrogens is 254 g/mol. The molecule has 0 radical (unpaired) electrons. The molecule has 0 aliphatic carbocycles. The maximum Gasteiger partial charge on any atom is 0.0635 e. The molecule has 0 saturated heterocycles. The number of hydrogen-bond donors (Lipinski definition) is 1. The zero-order chi connectivity index (χ0) is 11.4. The van der Waals surface area contributed by atoms with Crippen LogP contribution in [0.15, 0.2) is 10.7 Å². The van der Waals surface area contributed by atoms with Crippen LogP contribution in [0.3, 0.4) is 0 Å². The Morgan fingerprint density at radius 3 is 2.73 bits per heavy atom. The van der Waals surface area contributed by atoms with Gasteiger partial charge in [0.05, 0.1) is 16.4 Å². The number of aromatic nitrogens is 2. The van der Waals surface area contributed by atoms with E-state index in [1.54, 1.807) is 0 Å². The Hall–Kier alpha value is -0.350. The van der Waals surface area contributed by atoms with E-state index in [2.05, 4.69) is 51.8 Å². The van der Waals surface area contributed by atoms with Crippen LogP contribution in [0.1, 0.15) is 38.8 Å². The van der Waals surface area contributed by atoms with Crippen molar-refractivity contribution in [3.8, 4) is 0 Å². The summed E-state index contributed by atoms with van der Waals surface area (Å²) in [5.74, 6) is 0.518. The van der Waals surface area contributed by atoms with Crippen LogP contribution in [-0.4, -0.2) is 22.9 Å². The molecular formula is C11H20BrN3. The Bertz CT molecular complexity index is 309. The number of halogens is 1. The molecule has 0 aromatic carbocycles. The fourth-order valence-corrected chi connectivity index (χ4v) is 2.56. The summed E-state index contributed by atoms with van der Waals surface area (Å²) in [5.41, 5.74) is 1.31. The zero-order valence-electron chi connectivity index (χ0n) is 9.92. The molecule has 1 aromatic rings. The SMILES string of the molecule is CCn1ncc(Br)c1C(C)CC(C)NC. The molecule has 0 fully saturated rings. The van der Waals surface area contributed by atoms with Crippen molar-refractivity contribution in [3.63, 3.8) is 0 Å². The van der Waals surface area contributed by atoms with Gasteiger partial charge in [-0.05, 0) is 43.2 Å². The highest BCUT2D eigenvalue weighted by molar-refractivity contribution is 9.10. The topological polar surface area (TPSA) is 29.9 Å². The highest BCUT2D eigenvalue weighted by Crippen LogP contribution is 2.27. The smallest absolute Gasteiger partial charge is 0.0635 e. The molecule has 1 rings (SSSR count). The van der Waals surface area contributed by atoms with E-state index < -0.39 is 0 Å². The lowest BCUT2D eigenvalue weighted by Gasteiger charge is -2.18. The number of rotatable bonds is 5. The number of aryl methyl sites for hydroxylation is 1. The summed E-state index contributed by atoms with van der Waals surface area (Å²) in [7, 11) is 2.00. The largest absolute Gasteiger partial charge is 0.317 e. The van der Waals surface area contributed by atoms with Crippen molar-refractivity contribution in [1.29, 1.82) is 0 Å². The highest BCUT2D eigenvalue weighted by atomic mass is 79.9. The van der Waals surface area contributed by atoms with E-state index in [1.807, 2.05) is 13.2 Å². The Balaban J connectivity index is 2.80. The Morgan fingerprint density at radius 1 is 1.53 bits per heavy atom. The third-order valence-corrected chi connectivity index (χ3v) is 3.41. The van der Waals surface area contributed by atoms with Crippen LogP contribution in [0, 0.1) is 0 Å². The van der Waals surface area contributed by atoms with Gasteiger partial charge in [0.2, 0.25) is 0 Å². The lowest BCUT2D eigenvalue weighted by Crippen LogP contribution is -2.23. The minimum absolute atomic E-state index is 0.518. The normalized spacial score (nSPS) is 15.3. The van der Waals surface area contributed by atoms with Crippen molar-refractivity contribution in [2.45, 2.75) is 45.7 Å². The van der Waals surface area contributed by atoms with E-state index in [4.69, 9.17) is 0 Å². The number of hydrogen-bond acceptors (Lipinski definition) is 2. The molecule has 0 bridgehead atoms. The molecule has 0 saturated carbocycles. The van der Waals surface area contributed by atoms with Crippen LogP contribution in [0.4, 0.5) is 0 Å². The molecule has 1 heterocycles. The summed E-state index contributed by atoms with van der Waals surface area (Å²) in [6.45, 7) is 7.51. The molecule has 15 heavy (non-hydrogen) atoms. The summed E-state index contributed by atoms with van der Waals surface area (Å²) < 4.78 is 3.19. The summed E-state index contributed by atoms with van der Waals surface area (Å²) in [4.78, 5) is 0. The standard InChI is InChI=1S/C11H20BrN3/c1-5-15-11(10(12)7-14-15)8(2)6-9(3)13-4/h7-9,13H,5-6H2,1-4H3. The van der Waals surface area contributed by atoms with Gasteiger partial charge in [-0.1, -0.05) is 6.92 Å². The van der Waals surface area contributed by atoms with Crippen LogP contribution >= 0.6 is 15.9 Å². The van der Waals surface area contributed by atoms with E-state index in [0.717, 1.165) is 17.4 Å². The van der Waals surface area contributed by atoms with Crippen molar-refractivity contribution in [3.05, 3.63) is 16.4 Å². The average molecular weight is 274 g/mol. The Morgan fingerprint density at radius 2 is 2.20 bits per heavy atom. The fraction of sp³-hybridized carbons (Fsp3) is 0.727. The summed E-state index contributed by atoms with van der Waals surface area (Å²) >= 11 is 3.57. The van der Waals surface area contributed by atoms with Gasteiger partial charge in [-0.2, -0.15) is 5.10 Å². The first-order valence-corrected chi connectivity index (χ1v) is 6.27. The summed E-state index contributed by atoms with van der Waals surface area (Å²) in [5, 5.41) is 7.61. The van der Waals surface area contributed by atoms with Gasteiger partial charge in [-0.15, -0.1) is 0 Å². The fourth-order valence-electron chi connectivity index (χ4n) is 1.87. The monoisotopic (exact) mass is 273 g/mol. The quantitative estimate of drug-likeness (QED) is 0.894. The first kappa shape index (κ1) is 12.7. The molecule has 0 amide bonds. The second-order valence-electron chi connectivity index (χ2n) is 4.02. The Labute approximate surface area is 100 Å². The molecule has 2 atom stereocenters. The predicted molar refractivity (Wildman–Crippen MR) is 67.2 cm³/mol. The Kier molecular flexibility index (Phi) is 4.80. The number of nitrogens with zero attached hydrogens (tertiary/aromatic N) is 2. The molecule has 1 N–H and O–H groups in total. The molecule has 1 aromatic heterocycles. The number of nitrogens with one attached hydrogen (secondary N) is 1. The van der Waals surface area contributed by atoms with E-state index >= 15 is 0 Å². The second-order valence-corrected chi connectivity index (χ2v) is 4.87. The van der Waals surface area contributed by atoms with Gasteiger partial charge in [0.15, 0.2) is 0 Å². The van der Waals surface area contributed by atoms with Crippen LogP contribution < -0.4 is 5.32 Å². The minimum atomic E-state index is 0.518. The van der Waals surface area contributed by atoms with Crippen molar-refractivity contribution < 1.29 is 0 Å². The van der Waals surface area contributed by atoms with E-state index in [0.29, 0.717) is 12.0 Å². The zero-order valence-corrected chi connectivity index (χ0v) is 11.5. The molecule has 3 nitrogen and oxygen atoms in total. The third-order valence-electron chi connectivity index (χ3n) is 2.80. The van der Waals surface area contributed by atoms with Gasteiger partial charge in [0.1, 0.15) is 0 Å². The van der Waals surface area contributed by atoms with Crippen LogP contribution in [0.25, 0.3) is 0 Å². The lowest BCUT2D eigenvalue weighted by atomic mass is 9.99. The van der Waals surface area contributed by atoms with Gasteiger partial charge in [-0.3, -0.25) is 4.68 Å². The predicted octanol–water partition coefficient (Wildman–Crippen LogP) is 2.77. The maximum atomic E-state index is 4.34. The van der Waals surface area contributed by atoms with Gasteiger partial charge in [0.25, 0.3) is 0 Å². The maximum absolute atomic E-state index is 4.34. The summed E-state index contributed by atoms with van der Waals surface area (Å²) in [6, 6.07) is 0.534. The average Bonchev–Trinajstić information content (AvgIpc) is 2.59. The van der Waals surface area contributed by atoms with E-state index in [1.165, 1.54) is 5.69 Å². The van der Waals surface area contributed by atoms with Crippen molar-refractivity contribution in [2.75, 3.05) is 7.05 Å².